The van der Waals surface area contributed by atoms with Crippen LogP contribution in [0.2, 0.25) is 0 Å². The van der Waals surface area contributed by atoms with Gasteiger partial charge in [0, 0.05) is 12.6 Å². The number of nitrogens with one attached hydrogen (secondary N) is 1. The van der Waals surface area contributed by atoms with Crippen LogP contribution in [0.25, 0.3) is 0 Å². The zero-order valence-electron chi connectivity index (χ0n) is 14.3. The summed E-state index contributed by atoms with van der Waals surface area (Å²) in [6, 6.07) is 11.3. The van der Waals surface area contributed by atoms with Gasteiger partial charge >= 0.3 is 0 Å². The van der Waals surface area contributed by atoms with Gasteiger partial charge in [0.2, 0.25) is 5.91 Å². The third-order valence-electron chi connectivity index (χ3n) is 3.48. The first kappa shape index (κ1) is 17.8. The highest BCUT2D eigenvalue weighted by Gasteiger charge is 2.06. The summed E-state index contributed by atoms with van der Waals surface area (Å²) in [5.41, 5.74) is 8.50. The quantitative estimate of drug-likeness (QED) is 0.731. The van der Waals surface area contributed by atoms with E-state index in [1.165, 1.54) is 0 Å². The van der Waals surface area contributed by atoms with Gasteiger partial charge < -0.3 is 15.8 Å². The van der Waals surface area contributed by atoms with E-state index in [4.69, 9.17) is 10.5 Å². The number of aromatic nitrogens is 1. The number of pyridine rings is 1. The van der Waals surface area contributed by atoms with E-state index in [1.54, 1.807) is 6.20 Å². The second-order valence-electron chi connectivity index (χ2n) is 6.17. The van der Waals surface area contributed by atoms with Crippen molar-refractivity contribution in [1.29, 1.82) is 0 Å². The topological polar surface area (TPSA) is 77.2 Å². The molecule has 0 atom stereocenters. The molecule has 2 aromatic rings. The summed E-state index contributed by atoms with van der Waals surface area (Å²) in [4.78, 5) is 16.1. The van der Waals surface area contributed by atoms with E-state index in [0.717, 1.165) is 11.3 Å². The third-order valence-corrected chi connectivity index (χ3v) is 3.48. The number of ether oxygens (including phenoxy) is 1. The summed E-state index contributed by atoms with van der Waals surface area (Å²) in [6.45, 7) is 5.27. The molecule has 5 heteroatoms. The number of carbonyl (C=O) groups is 1. The molecule has 128 valence electrons. The highest BCUT2D eigenvalue weighted by Crippen LogP contribution is 2.23. The number of amides is 1. The number of anilines is 1. The molecular formula is C19H25N3O2. The number of carbonyl (C=O) groups excluding carboxylic acids is 1. The van der Waals surface area contributed by atoms with E-state index in [9.17, 15) is 4.79 Å². The molecule has 1 heterocycles. The van der Waals surface area contributed by atoms with Gasteiger partial charge in [-0.3, -0.25) is 9.78 Å². The van der Waals surface area contributed by atoms with Gasteiger partial charge in [0.05, 0.1) is 24.5 Å². The van der Waals surface area contributed by atoms with E-state index in [0.29, 0.717) is 43.3 Å². The van der Waals surface area contributed by atoms with E-state index >= 15 is 0 Å². The molecule has 0 aliphatic heterocycles. The maximum absolute atomic E-state index is 11.9. The van der Waals surface area contributed by atoms with Crippen molar-refractivity contribution in [1.82, 2.24) is 10.3 Å². The summed E-state index contributed by atoms with van der Waals surface area (Å²) in [6.07, 6.45) is 2.77. The summed E-state index contributed by atoms with van der Waals surface area (Å²) >= 11 is 0. The first-order valence-electron chi connectivity index (χ1n) is 8.22. The Morgan fingerprint density at radius 2 is 2.12 bits per heavy atom. The van der Waals surface area contributed by atoms with Gasteiger partial charge in [-0.2, -0.15) is 0 Å². The van der Waals surface area contributed by atoms with Gasteiger partial charge in [0.1, 0.15) is 5.75 Å². The van der Waals surface area contributed by atoms with Crippen molar-refractivity contribution in [3.8, 4) is 5.75 Å². The van der Waals surface area contributed by atoms with Gasteiger partial charge in [-0.25, -0.2) is 0 Å². The van der Waals surface area contributed by atoms with Crippen LogP contribution in [0.4, 0.5) is 5.69 Å². The predicted molar refractivity (Wildman–Crippen MR) is 95.6 cm³/mol. The highest BCUT2D eigenvalue weighted by molar-refractivity contribution is 5.76. The minimum absolute atomic E-state index is 0.000594. The Balaban J connectivity index is 1.79. The Morgan fingerprint density at radius 1 is 1.29 bits per heavy atom. The minimum atomic E-state index is -0.000594. The molecule has 24 heavy (non-hydrogen) atoms. The lowest BCUT2D eigenvalue weighted by Gasteiger charge is -2.12. The maximum atomic E-state index is 11.9. The summed E-state index contributed by atoms with van der Waals surface area (Å²) < 4.78 is 5.66. The van der Waals surface area contributed by atoms with Crippen molar-refractivity contribution in [2.75, 3.05) is 12.3 Å². The van der Waals surface area contributed by atoms with Crippen LogP contribution in [0.1, 0.15) is 31.5 Å². The Hall–Kier alpha value is -2.56. The number of aryl methyl sites for hydroxylation is 1. The van der Waals surface area contributed by atoms with Crippen molar-refractivity contribution in [2.24, 2.45) is 5.92 Å². The Bertz CT molecular complexity index is 657. The van der Waals surface area contributed by atoms with Gasteiger partial charge in [0.15, 0.2) is 0 Å². The molecule has 0 bridgehead atoms. The smallest absolute Gasteiger partial charge is 0.220 e. The largest absolute Gasteiger partial charge is 0.491 e. The van der Waals surface area contributed by atoms with Crippen LogP contribution in [0.3, 0.4) is 0 Å². The summed E-state index contributed by atoms with van der Waals surface area (Å²) in [7, 11) is 0. The molecule has 0 saturated heterocycles. The van der Waals surface area contributed by atoms with Gasteiger partial charge in [-0.15, -0.1) is 0 Å². The van der Waals surface area contributed by atoms with E-state index in [2.05, 4.69) is 24.1 Å². The van der Waals surface area contributed by atoms with E-state index < -0.39 is 0 Å². The van der Waals surface area contributed by atoms with Crippen molar-refractivity contribution in [2.45, 2.75) is 33.2 Å². The molecule has 1 aromatic carbocycles. The molecule has 5 nitrogen and oxygen atoms in total. The summed E-state index contributed by atoms with van der Waals surface area (Å²) in [5, 5.41) is 2.87. The second-order valence-corrected chi connectivity index (χ2v) is 6.17. The molecule has 1 aromatic heterocycles. The van der Waals surface area contributed by atoms with Crippen LogP contribution in [0.5, 0.6) is 5.75 Å². The van der Waals surface area contributed by atoms with Crippen molar-refractivity contribution in [3.63, 3.8) is 0 Å². The fourth-order valence-electron chi connectivity index (χ4n) is 2.18. The fraction of sp³-hybridized carbons (Fsp3) is 0.368. The van der Waals surface area contributed by atoms with Crippen LogP contribution in [-0.4, -0.2) is 17.5 Å². The van der Waals surface area contributed by atoms with Crippen molar-refractivity contribution >= 4 is 11.6 Å². The molecule has 0 aliphatic rings. The first-order valence-corrected chi connectivity index (χ1v) is 8.22. The third kappa shape index (κ3) is 5.91. The SMILES string of the molecule is CC(C)COc1ccc(CCC(=O)NCc2ccccn2)cc1N. The molecule has 0 spiro atoms. The number of nitrogens with zero attached hydrogens (tertiary/aromatic N) is 1. The minimum Gasteiger partial charge on any atom is -0.491 e. The second kappa shape index (κ2) is 8.91. The number of nitrogens with two attached hydrogens (primary N) is 1. The predicted octanol–water partition coefficient (Wildman–Crippen LogP) is 2.95. The number of hydrogen-bond acceptors (Lipinski definition) is 4. The van der Waals surface area contributed by atoms with Crippen LogP contribution < -0.4 is 15.8 Å². The van der Waals surface area contributed by atoms with Gasteiger partial charge in [-0.05, 0) is 42.2 Å². The Kier molecular flexibility index (Phi) is 6.61. The molecule has 3 N–H and O–H groups in total. The number of nitrogen functional groups attached to an aromatic ring is 1. The molecular weight excluding hydrogens is 302 g/mol. The van der Waals surface area contributed by atoms with Crippen molar-refractivity contribution in [3.05, 3.63) is 53.9 Å². The molecule has 0 saturated carbocycles. The average Bonchev–Trinajstić information content (AvgIpc) is 2.58. The lowest BCUT2D eigenvalue weighted by molar-refractivity contribution is -0.121. The van der Waals surface area contributed by atoms with E-state index in [1.807, 2.05) is 36.4 Å². The molecule has 0 unspecified atom stereocenters. The Labute approximate surface area is 143 Å². The molecule has 1 amide bonds. The number of hydrogen-bond donors (Lipinski definition) is 2. The van der Waals surface area contributed by atoms with Crippen LogP contribution in [0, 0.1) is 5.92 Å². The lowest BCUT2D eigenvalue weighted by Crippen LogP contribution is -2.23. The zero-order chi connectivity index (χ0) is 17.4. The van der Waals surface area contributed by atoms with Crippen LogP contribution in [0.15, 0.2) is 42.6 Å². The molecule has 0 fully saturated rings. The summed E-state index contributed by atoms with van der Waals surface area (Å²) in [5.74, 6) is 1.15. The van der Waals surface area contributed by atoms with E-state index in [-0.39, 0.29) is 5.91 Å². The number of rotatable bonds is 8. The highest BCUT2D eigenvalue weighted by atomic mass is 16.5. The number of benzene rings is 1. The van der Waals surface area contributed by atoms with Gasteiger partial charge in [-0.1, -0.05) is 26.0 Å². The average molecular weight is 327 g/mol. The first-order chi connectivity index (χ1) is 11.5. The Morgan fingerprint density at radius 3 is 2.79 bits per heavy atom. The molecule has 0 aliphatic carbocycles. The van der Waals surface area contributed by atoms with Crippen molar-refractivity contribution < 1.29 is 9.53 Å². The maximum Gasteiger partial charge on any atom is 0.220 e. The van der Waals surface area contributed by atoms with Gasteiger partial charge in [0.25, 0.3) is 0 Å². The normalized spacial score (nSPS) is 10.6. The lowest BCUT2D eigenvalue weighted by atomic mass is 10.1. The van der Waals surface area contributed by atoms with Crippen LogP contribution in [-0.2, 0) is 17.8 Å². The fourth-order valence-corrected chi connectivity index (χ4v) is 2.18. The van der Waals surface area contributed by atoms with Crippen LogP contribution >= 0.6 is 0 Å². The molecule has 0 radical (unpaired) electrons. The standard InChI is InChI=1S/C19H25N3O2/c1-14(2)13-24-18-8-6-15(11-17(18)20)7-9-19(23)22-12-16-5-3-4-10-21-16/h3-6,8,10-11,14H,7,9,12-13,20H2,1-2H3,(H,22,23). The molecule has 2 rings (SSSR count). The monoisotopic (exact) mass is 327 g/mol. The zero-order valence-corrected chi connectivity index (χ0v) is 14.3.